The van der Waals surface area contributed by atoms with Gasteiger partial charge in [-0.1, -0.05) is 0 Å². The molecule has 8 heteroatoms. The molecule has 1 N–H and O–H groups in total. The topological polar surface area (TPSA) is 83.2 Å². The van der Waals surface area contributed by atoms with Gasteiger partial charge in [0.2, 0.25) is 0 Å². The van der Waals surface area contributed by atoms with Gasteiger partial charge in [-0.15, -0.1) is 0 Å². The van der Waals surface area contributed by atoms with Crippen LogP contribution in [0.1, 0.15) is 18.3 Å². The van der Waals surface area contributed by atoms with Gasteiger partial charge in [-0.25, -0.2) is 9.37 Å². The highest BCUT2D eigenvalue weighted by Gasteiger charge is 2.20. The number of rotatable bonds is 5. The smallest absolute Gasteiger partial charge is 0.266 e. The number of nitrogens with one attached hydrogen (secondary N) is 1. The van der Waals surface area contributed by atoms with E-state index in [1.807, 2.05) is 6.92 Å². The summed E-state index contributed by atoms with van der Waals surface area (Å²) in [5.74, 6) is 0.494. The molecule has 2 aromatic carbocycles. The van der Waals surface area contributed by atoms with Crippen molar-refractivity contribution in [2.75, 3.05) is 32.8 Å². The first-order chi connectivity index (χ1) is 14.6. The highest BCUT2D eigenvalue weighted by atomic mass is 19.1. The lowest BCUT2D eigenvalue weighted by atomic mass is 10.1. The SMILES string of the molecule is CCOc1ccc(C#N)cc1-n1c(CN2CCNCC2)nc2ccc(F)cc2c1=O. The van der Waals surface area contributed by atoms with Crippen molar-refractivity contribution in [1.29, 1.82) is 5.26 Å². The molecule has 7 nitrogen and oxygen atoms in total. The third-order valence-corrected chi connectivity index (χ3v) is 5.10. The average molecular weight is 407 g/mol. The van der Waals surface area contributed by atoms with Gasteiger partial charge in [0.15, 0.2) is 0 Å². The third-order valence-electron chi connectivity index (χ3n) is 5.10. The van der Waals surface area contributed by atoms with Crippen LogP contribution in [0.2, 0.25) is 0 Å². The molecule has 0 radical (unpaired) electrons. The quantitative estimate of drug-likeness (QED) is 0.698. The van der Waals surface area contributed by atoms with Gasteiger partial charge < -0.3 is 10.1 Å². The molecule has 30 heavy (non-hydrogen) atoms. The predicted molar refractivity (Wildman–Crippen MR) is 111 cm³/mol. The zero-order chi connectivity index (χ0) is 21.1. The van der Waals surface area contributed by atoms with Crippen molar-refractivity contribution < 1.29 is 9.13 Å². The summed E-state index contributed by atoms with van der Waals surface area (Å²) in [6.07, 6.45) is 0. The van der Waals surface area contributed by atoms with Crippen LogP contribution in [-0.2, 0) is 6.54 Å². The Balaban J connectivity index is 1.97. The molecule has 0 amide bonds. The Labute approximate surface area is 173 Å². The summed E-state index contributed by atoms with van der Waals surface area (Å²) in [6, 6.07) is 11.1. The lowest BCUT2D eigenvalue weighted by molar-refractivity contribution is 0.226. The summed E-state index contributed by atoms with van der Waals surface area (Å²) in [5.41, 5.74) is 0.885. The van der Waals surface area contributed by atoms with Gasteiger partial charge in [-0.05, 0) is 43.3 Å². The van der Waals surface area contributed by atoms with E-state index >= 15 is 0 Å². The first-order valence-corrected chi connectivity index (χ1v) is 9.92. The van der Waals surface area contributed by atoms with Crippen LogP contribution in [0.15, 0.2) is 41.2 Å². The van der Waals surface area contributed by atoms with Crippen molar-refractivity contribution in [3.05, 3.63) is 64.0 Å². The Morgan fingerprint density at radius 1 is 1.23 bits per heavy atom. The van der Waals surface area contributed by atoms with Gasteiger partial charge in [0.25, 0.3) is 5.56 Å². The van der Waals surface area contributed by atoms with Gasteiger partial charge in [-0.3, -0.25) is 14.3 Å². The number of benzene rings is 2. The molecule has 0 aliphatic carbocycles. The number of hydrogen-bond donors (Lipinski definition) is 1. The fourth-order valence-corrected chi connectivity index (χ4v) is 3.67. The van der Waals surface area contributed by atoms with E-state index in [1.54, 1.807) is 18.2 Å². The van der Waals surface area contributed by atoms with Crippen molar-refractivity contribution in [3.63, 3.8) is 0 Å². The molecule has 1 saturated heterocycles. The molecule has 1 aromatic heterocycles. The molecule has 154 valence electrons. The van der Waals surface area contributed by atoms with E-state index in [4.69, 9.17) is 9.72 Å². The van der Waals surface area contributed by atoms with Crippen LogP contribution >= 0.6 is 0 Å². The van der Waals surface area contributed by atoms with Crippen LogP contribution in [0.4, 0.5) is 4.39 Å². The highest BCUT2D eigenvalue weighted by Crippen LogP contribution is 2.26. The lowest BCUT2D eigenvalue weighted by Gasteiger charge is -2.28. The van der Waals surface area contributed by atoms with E-state index in [9.17, 15) is 14.4 Å². The summed E-state index contributed by atoms with van der Waals surface area (Å²) >= 11 is 0. The van der Waals surface area contributed by atoms with Crippen LogP contribution in [-0.4, -0.2) is 47.2 Å². The molecule has 0 spiro atoms. The number of halogens is 1. The molecule has 1 aliphatic rings. The molecule has 0 saturated carbocycles. The second-order valence-corrected chi connectivity index (χ2v) is 7.08. The number of ether oxygens (including phenoxy) is 1. The molecule has 0 bridgehead atoms. The number of nitriles is 1. The number of nitrogens with zero attached hydrogens (tertiary/aromatic N) is 4. The maximum absolute atomic E-state index is 13.9. The van der Waals surface area contributed by atoms with Gasteiger partial charge in [-0.2, -0.15) is 5.26 Å². The van der Waals surface area contributed by atoms with Crippen LogP contribution in [0, 0.1) is 17.1 Å². The fraction of sp³-hybridized carbons (Fsp3) is 0.318. The maximum Gasteiger partial charge on any atom is 0.266 e. The van der Waals surface area contributed by atoms with Crippen LogP contribution < -0.4 is 15.6 Å². The fourth-order valence-electron chi connectivity index (χ4n) is 3.67. The maximum atomic E-state index is 13.9. The Kier molecular flexibility index (Phi) is 5.74. The lowest BCUT2D eigenvalue weighted by Crippen LogP contribution is -2.44. The van der Waals surface area contributed by atoms with Crippen molar-refractivity contribution in [1.82, 2.24) is 19.8 Å². The normalized spacial score (nSPS) is 14.6. The molecule has 0 atom stereocenters. The van der Waals surface area contributed by atoms with Gasteiger partial charge >= 0.3 is 0 Å². The van der Waals surface area contributed by atoms with Gasteiger partial charge in [0.1, 0.15) is 17.4 Å². The summed E-state index contributed by atoms with van der Waals surface area (Å²) in [7, 11) is 0. The molecule has 1 aliphatic heterocycles. The number of hydrogen-bond acceptors (Lipinski definition) is 6. The summed E-state index contributed by atoms with van der Waals surface area (Å²) in [6.45, 7) is 6.07. The van der Waals surface area contributed by atoms with Crippen LogP contribution in [0.3, 0.4) is 0 Å². The Bertz CT molecular complexity index is 1180. The van der Waals surface area contributed by atoms with Crippen molar-refractivity contribution in [2.45, 2.75) is 13.5 Å². The first kappa shape index (κ1) is 20.0. The second kappa shape index (κ2) is 8.61. The minimum atomic E-state index is -0.501. The van der Waals surface area contributed by atoms with Crippen LogP contribution in [0.25, 0.3) is 16.6 Å². The second-order valence-electron chi connectivity index (χ2n) is 7.08. The number of aromatic nitrogens is 2. The molecule has 2 heterocycles. The standard InChI is InChI=1S/C22H22FN5O2/c1-2-30-20-6-3-15(13-24)11-19(20)28-21(14-27-9-7-25-8-10-27)26-18-5-4-16(23)12-17(18)22(28)29/h3-6,11-12,25H,2,7-10,14H2,1H3. The minimum absolute atomic E-state index is 0.184. The van der Waals surface area contributed by atoms with E-state index < -0.39 is 5.82 Å². The average Bonchev–Trinajstić information content (AvgIpc) is 2.76. The van der Waals surface area contributed by atoms with E-state index in [2.05, 4.69) is 16.3 Å². The molecule has 0 unspecified atom stereocenters. The summed E-state index contributed by atoms with van der Waals surface area (Å²) < 4.78 is 21.1. The van der Waals surface area contributed by atoms with Crippen molar-refractivity contribution in [2.24, 2.45) is 0 Å². The zero-order valence-corrected chi connectivity index (χ0v) is 16.7. The zero-order valence-electron chi connectivity index (χ0n) is 16.7. The largest absolute Gasteiger partial charge is 0.492 e. The van der Waals surface area contributed by atoms with Crippen LogP contribution in [0.5, 0.6) is 5.75 Å². The Morgan fingerprint density at radius 3 is 2.77 bits per heavy atom. The molecule has 4 rings (SSSR count). The molecular weight excluding hydrogens is 385 g/mol. The predicted octanol–water partition coefficient (Wildman–Crippen LogP) is 2.20. The Hall–Kier alpha value is -3.28. The summed E-state index contributed by atoms with van der Waals surface area (Å²) in [5, 5.41) is 12.9. The molecule has 1 fully saturated rings. The van der Waals surface area contributed by atoms with E-state index in [-0.39, 0.29) is 10.9 Å². The monoisotopic (exact) mass is 407 g/mol. The van der Waals surface area contributed by atoms with E-state index in [0.29, 0.717) is 41.5 Å². The first-order valence-electron chi connectivity index (χ1n) is 9.92. The van der Waals surface area contributed by atoms with E-state index in [0.717, 1.165) is 26.2 Å². The number of piperazine rings is 1. The van der Waals surface area contributed by atoms with Crippen molar-refractivity contribution in [3.8, 4) is 17.5 Å². The molecule has 3 aromatic rings. The number of fused-ring (bicyclic) bond motifs is 1. The van der Waals surface area contributed by atoms with Crippen molar-refractivity contribution >= 4 is 10.9 Å². The van der Waals surface area contributed by atoms with Gasteiger partial charge in [0.05, 0.1) is 41.4 Å². The molecular formula is C22H22FN5O2. The van der Waals surface area contributed by atoms with E-state index in [1.165, 1.54) is 22.8 Å². The highest BCUT2D eigenvalue weighted by molar-refractivity contribution is 5.78. The summed E-state index contributed by atoms with van der Waals surface area (Å²) in [4.78, 5) is 20.4. The third kappa shape index (κ3) is 3.90. The van der Waals surface area contributed by atoms with Gasteiger partial charge in [0, 0.05) is 26.2 Å². The Morgan fingerprint density at radius 2 is 2.03 bits per heavy atom. The minimum Gasteiger partial charge on any atom is -0.492 e.